The third-order valence-corrected chi connectivity index (χ3v) is 1.12. The first-order chi connectivity index (χ1) is 4.21. The van der Waals surface area contributed by atoms with Crippen LogP contribution in [0.3, 0.4) is 0 Å². The van der Waals surface area contributed by atoms with E-state index >= 15 is 0 Å². The topological polar surface area (TPSA) is 66.4 Å². The lowest BCUT2D eigenvalue weighted by Crippen LogP contribution is -2.13. The smallest absolute Gasteiger partial charge is 0.301 e. The van der Waals surface area contributed by atoms with E-state index in [1.54, 1.807) is 0 Å². The van der Waals surface area contributed by atoms with E-state index in [1.807, 2.05) is 20.8 Å². The molecule has 0 amide bonds. The molecular weight excluding hydrogens is 155 g/mol. The predicted octanol–water partition coefficient (Wildman–Crippen LogP) is 1.58. The lowest BCUT2D eigenvalue weighted by atomic mass is 9.99. The van der Waals surface area contributed by atoms with Crippen LogP contribution in [0.5, 0.6) is 0 Å². The zero-order valence-electron chi connectivity index (χ0n) is 6.33. The summed E-state index contributed by atoms with van der Waals surface area (Å²) >= 11 is 0. The van der Waals surface area contributed by atoms with E-state index in [9.17, 15) is 9.46 Å². The van der Waals surface area contributed by atoms with Crippen LogP contribution in [0.1, 0.15) is 20.8 Å². The summed E-state index contributed by atoms with van der Waals surface area (Å²) in [6, 6.07) is 0. The fraction of sp³-hybridized carbons (Fsp3) is 1.00. The van der Waals surface area contributed by atoms with E-state index < -0.39 is 7.82 Å². The third-order valence-electron chi connectivity index (χ3n) is 0.661. The van der Waals surface area contributed by atoms with Gasteiger partial charge in [0.15, 0.2) is 0 Å². The first-order valence-corrected chi connectivity index (χ1v) is 4.39. The van der Waals surface area contributed by atoms with Crippen molar-refractivity contribution in [1.29, 1.82) is 0 Å². The third kappa shape index (κ3) is 8.11. The van der Waals surface area contributed by atoms with Crippen molar-refractivity contribution >= 4 is 7.82 Å². The van der Waals surface area contributed by atoms with E-state index in [0.717, 1.165) is 0 Å². The second kappa shape index (κ2) is 3.01. The van der Waals surface area contributed by atoms with Crippen LogP contribution in [0.25, 0.3) is 0 Å². The highest BCUT2D eigenvalue weighted by atomic mass is 31.2. The molecule has 1 atom stereocenters. The minimum atomic E-state index is -4.51. The first-order valence-electron chi connectivity index (χ1n) is 2.89. The minimum absolute atomic E-state index is 0.00424. The summed E-state index contributed by atoms with van der Waals surface area (Å²) in [5, 5.41) is 0. The van der Waals surface area contributed by atoms with Gasteiger partial charge in [-0.05, 0) is 5.41 Å². The zero-order chi connectivity index (χ0) is 8.41. The Morgan fingerprint density at radius 1 is 1.50 bits per heavy atom. The summed E-state index contributed by atoms with van der Waals surface area (Å²) in [4.78, 5) is 18.2. The second-order valence-electron chi connectivity index (χ2n) is 3.30. The second-order valence-corrected chi connectivity index (χ2v) is 4.50. The molecule has 61 valence electrons. The van der Waals surface area contributed by atoms with Crippen LogP contribution in [0.15, 0.2) is 0 Å². The van der Waals surface area contributed by atoms with E-state index in [4.69, 9.17) is 4.89 Å². The summed E-state index contributed by atoms with van der Waals surface area (Å²) in [7, 11) is -4.51. The van der Waals surface area contributed by atoms with Gasteiger partial charge in [0, 0.05) is 0 Å². The highest BCUT2D eigenvalue weighted by Crippen LogP contribution is 2.39. The van der Waals surface area contributed by atoms with Crippen molar-refractivity contribution in [3.63, 3.8) is 0 Å². The van der Waals surface area contributed by atoms with Crippen LogP contribution in [0.4, 0.5) is 0 Å². The van der Waals surface area contributed by atoms with Crippen molar-refractivity contribution in [2.75, 3.05) is 6.61 Å². The Bertz CT molecular complexity index is 142. The Hall–Kier alpha value is 0.110. The SMILES string of the molecule is CC(C)(C)COP([O])(=O)O. The van der Waals surface area contributed by atoms with Gasteiger partial charge in [-0.15, -0.1) is 4.89 Å². The van der Waals surface area contributed by atoms with Crippen LogP contribution >= 0.6 is 7.82 Å². The molecule has 0 aliphatic carbocycles. The van der Waals surface area contributed by atoms with E-state index in [-0.39, 0.29) is 12.0 Å². The van der Waals surface area contributed by atoms with Gasteiger partial charge in [-0.1, -0.05) is 20.8 Å². The summed E-state index contributed by atoms with van der Waals surface area (Å²) in [6.45, 7) is 5.43. The number of hydrogen-bond acceptors (Lipinski definition) is 2. The summed E-state index contributed by atoms with van der Waals surface area (Å²) in [5.41, 5.74) is -0.247. The van der Waals surface area contributed by atoms with Crippen molar-refractivity contribution < 1.29 is 18.9 Å². The molecule has 0 heterocycles. The zero-order valence-corrected chi connectivity index (χ0v) is 7.22. The summed E-state index contributed by atoms with van der Waals surface area (Å²) in [5.74, 6) is 0. The fourth-order valence-electron chi connectivity index (χ4n) is 0.275. The Morgan fingerprint density at radius 3 is 2.00 bits per heavy atom. The molecule has 0 saturated carbocycles. The number of hydrogen-bond donors (Lipinski definition) is 1. The first kappa shape index (κ1) is 10.1. The molecule has 0 bridgehead atoms. The molecule has 10 heavy (non-hydrogen) atoms. The monoisotopic (exact) mass is 167 g/mol. The molecule has 1 unspecified atom stereocenters. The molecule has 4 nitrogen and oxygen atoms in total. The van der Waals surface area contributed by atoms with Gasteiger partial charge in [-0.25, -0.2) is 4.57 Å². The standard InChI is InChI=1S/C5H12O4P/c1-5(2,3)4-9-10(6,7)8/h4H2,1-3H3,(H,6,7). The quantitative estimate of drug-likeness (QED) is 0.635. The molecule has 5 heteroatoms. The van der Waals surface area contributed by atoms with Crippen molar-refractivity contribution in [3.8, 4) is 0 Å². The normalized spacial score (nSPS) is 13.7. The fourth-order valence-corrected chi connectivity index (χ4v) is 0.826. The molecule has 0 aromatic heterocycles. The van der Waals surface area contributed by atoms with Crippen molar-refractivity contribution in [3.05, 3.63) is 0 Å². The Balaban J connectivity index is 3.67. The lowest BCUT2D eigenvalue weighted by Gasteiger charge is -2.17. The van der Waals surface area contributed by atoms with Crippen molar-refractivity contribution in [1.82, 2.24) is 0 Å². The highest BCUT2D eigenvalue weighted by Gasteiger charge is 2.21. The Labute approximate surface area is 60.5 Å². The molecule has 1 radical (unpaired) electrons. The molecular formula is C5H12O4P. The van der Waals surface area contributed by atoms with Crippen LogP contribution in [0.2, 0.25) is 0 Å². The Kier molecular flexibility index (Phi) is 3.04. The average Bonchev–Trinajstić information content (AvgIpc) is 1.57. The van der Waals surface area contributed by atoms with Crippen molar-refractivity contribution in [2.24, 2.45) is 5.41 Å². The van der Waals surface area contributed by atoms with Crippen molar-refractivity contribution in [2.45, 2.75) is 20.8 Å². The number of rotatable bonds is 2. The van der Waals surface area contributed by atoms with E-state index in [2.05, 4.69) is 4.52 Å². The maximum atomic E-state index is 10.0. The van der Waals surface area contributed by atoms with Gasteiger partial charge < -0.3 is 4.89 Å². The predicted molar refractivity (Wildman–Crippen MR) is 35.9 cm³/mol. The van der Waals surface area contributed by atoms with Crippen LogP contribution in [-0.2, 0) is 14.0 Å². The maximum absolute atomic E-state index is 10.0. The summed E-state index contributed by atoms with van der Waals surface area (Å²) in [6.07, 6.45) is 0. The van der Waals surface area contributed by atoms with Gasteiger partial charge in [-0.3, -0.25) is 4.52 Å². The summed E-state index contributed by atoms with van der Waals surface area (Å²) < 4.78 is 14.2. The maximum Gasteiger partial charge on any atom is 0.499 e. The van der Waals surface area contributed by atoms with E-state index in [1.165, 1.54) is 0 Å². The van der Waals surface area contributed by atoms with Gasteiger partial charge in [0.05, 0.1) is 6.61 Å². The van der Waals surface area contributed by atoms with E-state index in [0.29, 0.717) is 0 Å². The molecule has 0 aromatic rings. The molecule has 0 fully saturated rings. The van der Waals surface area contributed by atoms with Gasteiger partial charge >= 0.3 is 7.82 Å². The van der Waals surface area contributed by atoms with Gasteiger partial charge in [-0.2, -0.15) is 0 Å². The molecule has 0 aliphatic heterocycles. The Morgan fingerprint density at radius 2 is 1.90 bits per heavy atom. The van der Waals surface area contributed by atoms with Crippen LogP contribution in [0, 0.1) is 5.41 Å². The molecule has 0 rings (SSSR count). The van der Waals surface area contributed by atoms with Gasteiger partial charge in [0.1, 0.15) is 0 Å². The lowest BCUT2D eigenvalue weighted by molar-refractivity contribution is 0.123. The molecule has 0 saturated heterocycles. The highest BCUT2D eigenvalue weighted by molar-refractivity contribution is 7.46. The van der Waals surface area contributed by atoms with Gasteiger partial charge in [0.25, 0.3) is 0 Å². The minimum Gasteiger partial charge on any atom is -0.301 e. The molecule has 0 aromatic carbocycles. The molecule has 0 aliphatic rings. The van der Waals surface area contributed by atoms with Crippen LogP contribution < -0.4 is 0 Å². The largest absolute Gasteiger partial charge is 0.499 e. The molecule has 1 N–H and O–H groups in total. The average molecular weight is 167 g/mol. The van der Waals surface area contributed by atoms with Gasteiger partial charge in [0.2, 0.25) is 0 Å². The molecule has 0 spiro atoms. The van der Waals surface area contributed by atoms with Crippen LogP contribution in [-0.4, -0.2) is 11.5 Å².